The van der Waals surface area contributed by atoms with Gasteiger partial charge in [-0.25, -0.2) is 0 Å². The fraction of sp³-hybridized carbons (Fsp3) is 0.273. The summed E-state index contributed by atoms with van der Waals surface area (Å²) in [5, 5.41) is 8.55. The van der Waals surface area contributed by atoms with Gasteiger partial charge in [-0.05, 0) is 24.6 Å². The Morgan fingerprint density at radius 1 is 1.44 bits per heavy atom. The van der Waals surface area contributed by atoms with Crippen molar-refractivity contribution in [1.29, 1.82) is 0 Å². The van der Waals surface area contributed by atoms with Crippen LogP contribution in [0.1, 0.15) is 12.0 Å². The van der Waals surface area contributed by atoms with Crippen molar-refractivity contribution in [1.82, 2.24) is 0 Å². The Kier molecular flexibility index (Phi) is 4.06. The average molecular weight is 286 g/mol. The molecule has 0 aliphatic carbocycles. The van der Waals surface area contributed by atoms with Crippen LogP contribution in [0.4, 0.5) is 5.69 Å². The molecule has 1 N–H and O–H groups in total. The van der Waals surface area contributed by atoms with Gasteiger partial charge in [0, 0.05) is 17.2 Å². The molecule has 5 heteroatoms. The van der Waals surface area contributed by atoms with Crippen molar-refractivity contribution in [2.24, 2.45) is 0 Å². The Morgan fingerprint density at radius 3 is 2.62 bits per heavy atom. The van der Waals surface area contributed by atoms with E-state index in [4.69, 9.17) is 5.11 Å². The third kappa shape index (κ3) is 3.06. The van der Waals surface area contributed by atoms with Gasteiger partial charge in [0.1, 0.15) is 6.42 Å². The number of hydrogen-bond donors (Lipinski definition) is 1. The largest absolute Gasteiger partial charge is 0.481 e. The van der Waals surface area contributed by atoms with Crippen LogP contribution in [-0.4, -0.2) is 24.0 Å². The van der Waals surface area contributed by atoms with Gasteiger partial charge < -0.3 is 10.0 Å². The molecule has 0 radical (unpaired) electrons. The molecule has 0 saturated carbocycles. The maximum atomic E-state index is 11.5. The van der Waals surface area contributed by atoms with Crippen LogP contribution in [0, 0.1) is 6.92 Å². The number of nitrogens with zero attached hydrogens (tertiary/aromatic N) is 1. The molecule has 1 aromatic carbocycles. The predicted molar refractivity (Wildman–Crippen MR) is 64.5 cm³/mol. The number of halogens is 1. The van der Waals surface area contributed by atoms with Gasteiger partial charge >= 0.3 is 5.97 Å². The average Bonchev–Trinajstić information content (AvgIpc) is 2.19. The van der Waals surface area contributed by atoms with Crippen molar-refractivity contribution in [3.63, 3.8) is 0 Å². The van der Waals surface area contributed by atoms with Gasteiger partial charge in [-0.3, -0.25) is 9.59 Å². The summed E-state index contributed by atoms with van der Waals surface area (Å²) in [6.45, 7) is 1.87. The molecule has 0 aromatic heterocycles. The Labute approximate surface area is 102 Å². The van der Waals surface area contributed by atoms with Gasteiger partial charge in [-0.2, -0.15) is 0 Å². The molecule has 86 valence electrons. The van der Waals surface area contributed by atoms with E-state index in [1.807, 2.05) is 19.1 Å². The van der Waals surface area contributed by atoms with E-state index in [-0.39, 0.29) is 0 Å². The molecule has 0 aliphatic rings. The summed E-state index contributed by atoms with van der Waals surface area (Å²) < 4.78 is 0.850. The third-order valence-electron chi connectivity index (χ3n) is 2.21. The summed E-state index contributed by atoms with van der Waals surface area (Å²) in [5.41, 5.74) is 1.63. The highest BCUT2D eigenvalue weighted by Gasteiger charge is 2.16. The topological polar surface area (TPSA) is 57.6 Å². The van der Waals surface area contributed by atoms with E-state index in [0.29, 0.717) is 5.69 Å². The number of aryl methyl sites for hydroxylation is 1. The number of amides is 1. The lowest BCUT2D eigenvalue weighted by Crippen LogP contribution is -2.28. The molecule has 0 atom stereocenters. The third-order valence-corrected chi connectivity index (χ3v) is 2.70. The number of rotatable bonds is 3. The summed E-state index contributed by atoms with van der Waals surface area (Å²) in [4.78, 5) is 23.3. The van der Waals surface area contributed by atoms with Crippen LogP contribution in [0.3, 0.4) is 0 Å². The van der Waals surface area contributed by atoms with E-state index in [0.717, 1.165) is 10.0 Å². The fourth-order valence-electron chi connectivity index (χ4n) is 1.33. The van der Waals surface area contributed by atoms with Crippen molar-refractivity contribution in [3.8, 4) is 0 Å². The molecular formula is C11H12BrNO3. The second kappa shape index (κ2) is 5.12. The van der Waals surface area contributed by atoms with Crippen LogP contribution in [0.2, 0.25) is 0 Å². The lowest BCUT2D eigenvalue weighted by Gasteiger charge is -2.19. The van der Waals surface area contributed by atoms with E-state index < -0.39 is 18.3 Å². The second-order valence-corrected chi connectivity index (χ2v) is 4.37. The first-order chi connectivity index (χ1) is 7.41. The quantitative estimate of drug-likeness (QED) is 0.866. The van der Waals surface area contributed by atoms with Crippen molar-refractivity contribution in [3.05, 3.63) is 28.2 Å². The van der Waals surface area contributed by atoms with Gasteiger partial charge in [-0.15, -0.1) is 0 Å². The van der Waals surface area contributed by atoms with Gasteiger partial charge in [0.2, 0.25) is 5.91 Å². The lowest BCUT2D eigenvalue weighted by atomic mass is 10.2. The van der Waals surface area contributed by atoms with Crippen molar-refractivity contribution in [2.75, 3.05) is 11.9 Å². The Hall–Kier alpha value is -1.36. The first-order valence-corrected chi connectivity index (χ1v) is 5.45. The smallest absolute Gasteiger partial charge is 0.312 e. The molecule has 0 aliphatic heterocycles. The zero-order valence-electron chi connectivity index (χ0n) is 9.03. The first kappa shape index (κ1) is 12.7. The van der Waals surface area contributed by atoms with Gasteiger partial charge in [0.05, 0.1) is 0 Å². The molecule has 1 rings (SSSR count). The molecule has 0 fully saturated rings. The summed E-state index contributed by atoms with van der Waals surface area (Å²) in [6.07, 6.45) is -0.498. The van der Waals surface area contributed by atoms with E-state index >= 15 is 0 Å². The summed E-state index contributed by atoms with van der Waals surface area (Å²) >= 11 is 3.31. The van der Waals surface area contributed by atoms with Crippen LogP contribution in [0.15, 0.2) is 22.7 Å². The Bertz CT molecular complexity index is 431. The van der Waals surface area contributed by atoms with Crippen LogP contribution in [0.5, 0.6) is 0 Å². The number of carbonyl (C=O) groups excluding carboxylic acids is 1. The van der Waals surface area contributed by atoms with Crippen LogP contribution in [0.25, 0.3) is 0 Å². The molecule has 0 unspecified atom stereocenters. The van der Waals surface area contributed by atoms with Crippen molar-refractivity contribution in [2.45, 2.75) is 13.3 Å². The monoisotopic (exact) mass is 285 g/mol. The Balaban J connectivity index is 2.95. The SMILES string of the molecule is Cc1ccc(Br)cc1N(C)C(=O)CC(=O)O. The molecule has 4 nitrogen and oxygen atoms in total. The minimum Gasteiger partial charge on any atom is -0.481 e. The van der Waals surface area contributed by atoms with E-state index in [2.05, 4.69) is 15.9 Å². The Morgan fingerprint density at radius 2 is 2.06 bits per heavy atom. The van der Waals surface area contributed by atoms with E-state index in [1.165, 1.54) is 4.90 Å². The summed E-state index contributed by atoms with van der Waals surface area (Å²) in [7, 11) is 1.57. The maximum absolute atomic E-state index is 11.5. The van der Waals surface area contributed by atoms with Crippen LogP contribution >= 0.6 is 15.9 Å². The number of carboxylic acids is 1. The number of hydrogen-bond acceptors (Lipinski definition) is 2. The zero-order chi connectivity index (χ0) is 12.3. The first-order valence-electron chi connectivity index (χ1n) is 4.66. The molecular weight excluding hydrogens is 274 g/mol. The predicted octanol–water partition coefficient (Wildman–Crippen LogP) is 2.20. The van der Waals surface area contributed by atoms with Crippen LogP contribution in [-0.2, 0) is 9.59 Å². The van der Waals surface area contributed by atoms with Crippen LogP contribution < -0.4 is 4.90 Å². The highest BCUT2D eigenvalue weighted by molar-refractivity contribution is 9.10. The molecule has 1 aromatic rings. The van der Waals surface area contributed by atoms with Gasteiger partial charge in [0.15, 0.2) is 0 Å². The molecule has 0 bridgehead atoms. The molecule has 1 amide bonds. The number of anilines is 1. The highest BCUT2D eigenvalue weighted by atomic mass is 79.9. The number of benzene rings is 1. The standard InChI is InChI=1S/C11H12BrNO3/c1-7-3-4-8(12)5-9(7)13(2)10(14)6-11(15)16/h3-5H,6H2,1-2H3,(H,15,16). The van der Waals surface area contributed by atoms with Crippen molar-refractivity contribution < 1.29 is 14.7 Å². The summed E-state index contributed by atoms with van der Waals surface area (Å²) in [5.74, 6) is -1.56. The van der Waals surface area contributed by atoms with Crippen molar-refractivity contribution >= 4 is 33.5 Å². The highest BCUT2D eigenvalue weighted by Crippen LogP contribution is 2.24. The molecule has 0 saturated heterocycles. The van der Waals surface area contributed by atoms with E-state index in [9.17, 15) is 9.59 Å². The lowest BCUT2D eigenvalue weighted by molar-refractivity contribution is -0.140. The van der Waals surface area contributed by atoms with E-state index in [1.54, 1.807) is 13.1 Å². The van der Waals surface area contributed by atoms with Gasteiger partial charge in [-0.1, -0.05) is 22.0 Å². The maximum Gasteiger partial charge on any atom is 0.312 e. The minimum absolute atomic E-state index is 0.436. The number of carboxylic acid groups (broad SMARTS) is 1. The normalized spacial score (nSPS) is 9.94. The number of carbonyl (C=O) groups is 2. The molecule has 16 heavy (non-hydrogen) atoms. The summed E-state index contributed by atoms with van der Waals surface area (Å²) in [6, 6.07) is 5.52. The fourth-order valence-corrected chi connectivity index (χ4v) is 1.68. The number of aliphatic carboxylic acids is 1. The zero-order valence-corrected chi connectivity index (χ0v) is 10.6. The second-order valence-electron chi connectivity index (χ2n) is 3.45. The minimum atomic E-state index is -1.12. The molecule has 0 spiro atoms. The molecule has 0 heterocycles. The van der Waals surface area contributed by atoms with Gasteiger partial charge in [0.25, 0.3) is 0 Å².